The topological polar surface area (TPSA) is 58.6 Å². The van der Waals surface area contributed by atoms with E-state index in [1.807, 2.05) is 56.3 Å². The quantitative estimate of drug-likeness (QED) is 0.861. The molecule has 1 atom stereocenters. The Kier molecular flexibility index (Phi) is 5.55. The molecule has 1 unspecified atom stereocenters. The summed E-state index contributed by atoms with van der Waals surface area (Å²) in [5.74, 6) is 0.555. The highest BCUT2D eigenvalue weighted by molar-refractivity contribution is 5.95. The van der Waals surface area contributed by atoms with Crippen LogP contribution in [0.4, 0.5) is 0 Å². The molecule has 0 saturated heterocycles. The lowest BCUT2D eigenvalue weighted by atomic mass is 10.1. The molecular formula is C18H21NO3. The third kappa shape index (κ3) is 4.33. The fourth-order valence-corrected chi connectivity index (χ4v) is 2.10. The summed E-state index contributed by atoms with van der Waals surface area (Å²) < 4.78 is 5.56. The van der Waals surface area contributed by atoms with Crippen LogP contribution in [0, 0.1) is 13.8 Å². The predicted octanol–water partition coefficient (Wildman–Crippen LogP) is 2.47. The van der Waals surface area contributed by atoms with E-state index in [9.17, 15) is 9.90 Å². The van der Waals surface area contributed by atoms with E-state index in [2.05, 4.69) is 5.32 Å². The lowest BCUT2D eigenvalue weighted by molar-refractivity contribution is 0.0842. The molecule has 4 nitrogen and oxygen atoms in total. The molecule has 0 aliphatic heterocycles. The lowest BCUT2D eigenvalue weighted by Gasteiger charge is -2.15. The van der Waals surface area contributed by atoms with Gasteiger partial charge in [-0.3, -0.25) is 4.79 Å². The van der Waals surface area contributed by atoms with Gasteiger partial charge in [0.15, 0.2) is 0 Å². The number of carbonyl (C=O) groups is 1. The number of carbonyl (C=O) groups excluding carboxylic acids is 1. The van der Waals surface area contributed by atoms with Gasteiger partial charge in [0.2, 0.25) is 0 Å². The summed E-state index contributed by atoms with van der Waals surface area (Å²) in [5.41, 5.74) is 2.54. The van der Waals surface area contributed by atoms with Gasteiger partial charge < -0.3 is 15.2 Å². The summed E-state index contributed by atoms with van der Waals surface area (Å²) in [7, 11) is 0. The first-order valence-corrected chi connectivity index (χ1v) is 7.28. The summed E-state index contributed by atoms with van der Waals surface area (Å²) in [6.07, 6.45) is -0.757. The minimum Gasteiger partial charge on any atom is -0.491 e. The molecule has 1 amide bonds. The smallest absolute Gasteiger partial charge is 0.251 e. The van der Waals surface area contributed by atoms with Crippen LogP contribution in [0.1, 0.15) is 21.5 Å². The summed E-state index contributed by atoms with van der Waals surface area (Å²) in [6, 6.07) is 15.0. The number of nitrogens with one attached hydrogen (secondary N) is 1. The van der Waals surface area contributed by atoms with Gasteiger partial charge in [0.05, 0.1) is 0 Å². The molecule has 4 heteroatoms. The number of benzene rings is 2. The Bertz CT molecular complexity index is 640. The van der Waals surface area contributed by atoms with Gasteiger partial charge >= 0.3 is 0 Å². The highest BCUT2D eigenvalue weighted by Gasteiger charge is 2.11. The molecule has 0 aromatic heterocycles. The van der Waals surface area contributed by atoms with Gasteiger partial charge in [-0.2, -0.15) is 0 Å². The zero-order chi connectivity index (χ0) is 15.9. The number of rotatable bonds is 6. The first-order valence-electron chi connectivity index (χ1n) is 7.28. The summed E-state index contributed by atoms with van der Waals surface area (Å²) in [6.45, 7) is 4.12. The molecule has 0 bridgehead atoms. The van der Waals surface area contributed by atoms with E-state index in [1.165, 1.54) is 0 Å². The lowest BCUT2D eigenvalue weighted by Crippen LogP contribution is -2.35. The van der Waals surface area contributed by atoms with Gasteiger partial charge in [-0.15, -0.1) is 0 Å². The average Bonchev–Trinajstić information content (AvgIpc) is 2.52. The largest absolute Gasteiger partial charge is 0.491 e. The fourth-order valence-electron chi connectivity index (χ4n) is 2.10. The van der Waals surface area contributed by atoms with Crippen molar-refractivity contribution in [2.24, 2.45) is 0 Å². The summed E-state index contributed by atoms with van der Waals surface area (Å²) in [4.78, 5) is 12.0. The van der Waals surface area contributed by atoms with E-state index in [0.29, 0.717) is 5.56 Å². The van der Waals surface area contributed by atoms with Crippen molar-refractivity contribution < 1.29 is 14.6 Å². The molecule has 0 fully saturated rings. The second kappa shape index (κ2) is 7.61. The van der Waals surface area contributed by atoms with Crippen molar-refractivity contribution in [1.29, 1.82) is 0 Å². The molecule has 2 aromatic rings. The molecular weight excluding hydrogens is 278 g/mol. The third-order valence-electron chi connectivity index (χ3n) is 3.41. The van der Waals surface area contributed by atoms with Crippen molar-refractivity contribution in [3.63, 3.8) is 0 Å². The van der Waals surface area contributed by atoms with Crippen molar-refractivity contribution in [3.8, 4) is 5.75 Å². The number of para-hydroxylation sites is 1. The van der Waals surface area contributed by atoms with E-state index in [-0.39, 0.29) is 19.1 Å². The maximum Gasteiger partial charge on any atom is 0.251 e. The van der Waals surface area contributed by atoms with Crippen molar-refractivity contribution >= 4 is 5.91 Å². The molecule has 2 rings (SSSR count). The number of hydrogen-bond acceptors (Lipinski definition) is 3. The molecule has 0 aliphatic rings. The van der Waals surface area contributed by atoms with Gasteiger partial charge in [0.25, 0.3) is 5.91 Å². The molecule has 0 saturated carbocycles. The minimum absolute atomic E-state index is 0.138. The number of ether oxygens (including phenoxy) is 1. The van der Waals surface area contributed by atoms with Crippen LogP contribution in [-0.4, -0.2) is 30.3 Å². The number of aryl methyl sites for hydroxylation is 2. The van der Waals surface area contributed by atoms with Crippen LogP contribution in [0.2, 0.25) is 0 Å². The first kappa shape index (κ1) is 16.0. The van der Waals surface area contributed by atoms with Gasteiger partial charge in [-0.25, -0.2) is 0 Å². The fraction of sp³-hybridized carbons (Fsp3) is 0.278. The maximum atomic E-state index is 12.0. The average molecular weight is 299 g/mol. The molecule has 2 aromatic carbocycles. The number of aliphatic hydroxyl groups is 1. The summed E-state index contributed by atoms with van der Waals surface area (Å²) >= 11 is 0. The van der Waals surface area contributed by atoms with Crippen LogP contribution >= 0.6 is 0 Å². The van der Waals surface area contributed by atoms with E-state index in [0.717, 1.165) is 16.9 Å². The first-order chi connectivity index (χ1) is 10.6. The SMILES string of the molecule is Cc1ccccc1OCC(O)CNC(=O)c1ccccc1C. The Balaban J connectivity index is 1.81. The Morgan fingerprint density at radius 1 is 1.09 bits per heavy atom. The molecule has 0 spiro atoms. The molecule has 0 radical (unpaired) electrons. The monoisotopic (exact) mass is 299 g/mol. The normalized spacial score (nSPS) is 11.8. The van der Waals surface area contributed by atoms with E-state index in [4.69, 9.17) is 4.74 Å². The van der Waals surface area contributed by atoms with Crippen molar-refractivity contribution in [1.82, 2.24) is 5.32 Å². The molecule has 22 heavy (non-hydrogen) atoms. The van der Waals surface area contributed by atoms with Crippen LogP contribution in [0.25, 0.3) is 0 Å². The third-order valence-corrected chi connectivity index (χ3v) is 3.41. The maximum absolute atomic E-state index is 12.0. The van der Waals surface area contributed by atoms with Gasteiger partial charge in [-0.05, 0) is 37.1 Å². The molecule has 116 valence electrons. The zero-order valence-electron chi connectivity index (χ0n) is 12.9. The Morgan fingerprint density at radius 3 is 2.41 bits per heavy atom. The van der Waals surface area contributed by atoms with Crippen molar-refractivity contribution in [2.45, 2.75) is 20.0 Å². The highest BCUT2D eigenvalue weighted by atomic mass is 16.5. The van der Waals surface area contributed by atoms with Crippen LogP contribution in [0.5, 0.6) is 5.75 Å². The van der Waals surface area contributed by atoms with Gasteiger partial charge in [-0.1, -0.05) is 36.4 Å². The van der Waals surface area contributed by atoms with Crippen molar-refractivity contribution in [3.05, 3.63) is 65.2 Å². The van der Waals surface area contributed by atoms with Crippen LogP contribution in [0.3, 0.4) is 0 Å². The predicted molar refractivity (Wildman–Crippen MR) is 86.2 cm³/mol. The molecule has 0 aliphatic carbocycles. The van der Waals surface area contributed by atoms with E-state index in [1.54, 1.807) is 6.07 Å². The molecule has 0 heterocycles. The standard InChI is InChI=1S/C18H21NO3/c1-13-7-3-5-9-16(13)18(21)19-11-15(20)12-22-17-10-6-4-8-14(17)2/h3-10,15,20H,11-12H2,1-2H3,(H,19,21). The van der Waals surface area contributed by atoms with E-state index < -0.39 is 6.10 Å². The number of hydrogen-bond donors (Lipinski definition) is 2. The van der Waals surface area contributed by atoms with E-state index >= 15 is 0 Å². The van der Waals surface area contributed by atoms with Crippen LogP contribution in [-0.2, 0) is 0 Å². The van der Waals surface area contributed by atoms with Crippen LogP contribution in [0.15, 0.2) is 48.5 Å². The summed E-state index contributed by atoms with van der Waals surface area (Å²) in [5, 5.41) is 12.6. The zero-order valence-corrected chi connectivity index (χ0v) is 12.9. The van der Waals surface area contributed by atoms with Crippen LogP contribution < -0.4 is 10.1 Å². The molecule has 2 N–H and O–H groups in total. The Morgan fingerprint density at radius 2 is 1.73 bits per heavy atom. The second-order valence-corrected chi connectivity index (χ2v) is 5.26. The Hall–Kier alpha value is -2.33. The number of aliphatic hydroxyl groups excluding tert-OH is 1. The van der Waals surface area contributed by atoms with Crippen molar-refractivity contribution in [2.75, 3.05) is 13.2 Å². The van der Waals surface area contributed by atoms with Gasteiger partial charge in [0.1, 0.15) is 18.5 Å². The Labute approximate surface area is 130 Å². The second-order valence-electron chi connectivity index (χ2n) is 5.26. The van der Waals surface area contributed by atoms with Gasteiger partial charge in [0, 0.05) is 12.1 Å². The number of amides is 1. The minimum atomic E-state index is -0.757. The highest BCUT2D eigenvalue weighted by Crippen LogP contribution is 2.16.